The van der Waals surface area contributed by atoms with Gasteiger partial charge in [0.15, 0.2) is 0 Å². The van der Waals surface area contributed by atoms with Crippen LogP contribution < -0.4 is 5.32 Å². The maximum Gasteiger partial charge on any atom is 0.329 e. The Labute approximate surface area is 146 Å². The highest BCUT2D eigenvalue weighted by Crippen LogP contribution is 2.18. The summed E-state index contributed by atoms with van der Waals surface area (Å²) in [7, 11) is 0. The number of imide groups is 1. The summed E-state index contributed by atoms with van der Waals surface area (Å²) < 4.78 is 14.8. The molecule has 0 unspecified atom stereocenters. The first-order valence-electron chi connectivity index (χ1n) is 6.88. The smallest absolute Gasteiger partial charge is 0.303 e. The van der Waals surface area contributed by atoms with Crippen molar-refractivity contribution in [3.8, 4) is 0 Å². The number of halogens is 2. The highest BCUT2D eigenvalue weighted by molar-refractivity contribution is 14.1. The summed E-state index contributed by atoms with van der Waals surface area (Å²) in [5.74, 6) is -0.903. The normalized spacial score (nSPS) is 16.1. The van der Waals surface area contributed by atoms with Gasteiger partial charge in [0.2, 0.25) is 0 Å². The van der Waals surface area contributed by atoms with Gasteiger partial charge in [0.05, 0.1) is 6.54 Å². The highest BCUT2D eigenvalue weighted by atomic mass is 127. The van der Waals surface area contributed by atoms with Gasteiger partial charge in [-0.05, 0) is 52.4 Å². The second-order valence-electron chi connectivity index (χ2n) is 5.02. The van der Waals surface area contributed by atoms with Crippen LogP contribution >= 0.6 is 22.6 Å². The molecule has 0 atom stereocenters. The molecule has 23 heavy (non-hydrogen) atoms. The maximum absolute atomic E-state index is 13.7. The Morgan fingerprint density at radius 1 is 1.09 bits per heavy atom. The van der Waals surface area contributed by atoms with E-state index in [-0.39, 0.29) is 12.2 Å². The number of carbonyl (C=O) groups excluding carboxylic acids is 2. The Bertz CT molecular complexity index is 802. The molecule has 4 nitrogen and oxygen atoms in total. The van der Waals surface area contributed by atoms with E-state index < -0.39 is 17.8 Å². The van der Waals surface area contributed by atoms with Crippen molar-refractivity contribution >= 4 is 40.6 Å². The van der Waals surface area contributed by atoms with Gasteiger partial charge in [-0.25, -0.2) is 9.18 Å². The maximum atomic E-state index is 13.7. The molecule has 0 aromatic heterocycles. The number of nitrogens with zero attached hydrogens (tertiary/aromatic N) is 1. The molecule has 2 aromatic rings. The van der Waals surface area contributed by atoms with Gasteiger partial charge in [-0.3, -0.25) is 9.69 Å². The lowest BCUT2D eigenvalue weighted by molar-refractivity contribution is -0.123. The number of rotatable bonds is 3. The first kappa shape index (κ1) is 15.7. The molecule has 1 aliphatic rings. The zero-order valence-electron chi connectivity index (χ0n) is 11.9. The second-order valence-corrected chi connectivity index (χ2v) is 6.27. The molecule has 0 saturated carbocycles. The molecule has 1 saturated heterocycles. The lowest BCUT2D eigenvalue weighted by Crippen LogP contribution is -2.30. The summed E-state index contributed by atoms with van der Waals surface area (Å²) in [6, 6.07) is 13.1. The van der Waals surface area contributed by atoms with Crippen LogP contribution in [0.1, 0.15) is 11.1 Å². The SMILES string of the molecule is O=C1NC(=Cc2ccc(I)cc2)C(=O)N1Cc1ccccc1F. The molecular weight excluding hydrogens is 410 g/mol. The third-order valence-corrected chi connectivity index (χ3v) is 4.15. The number of amides is 3. The highest BCUT2D eigenvalue weighted by Gasteiger charge is 2.33. The standard InChI is InChI=1S/C17H12FIN2O2/c18-14-4-2-1-3-12(14)10-21-16(22)15(20-17(21)23)9-11-5-7-13(19)8-6-11/h1-9H,10H2,(H,20,23). The summed E-state index contributed by atoms with van der Waals surface area (Å²) in [6.07, 6.45) is 1.61. The van der Waals surface area contributed by atoms with Gasteiger partial charge in [-0.2, -0.15) is 0 Å². The van der Waals surface area contributed by atoms with Crippen molar-refractivity contribution in [1.29, 1.82) is 0 Å². The van der Waals surface area contributed by atoms with E-state index in [2.05, 4.69) is 27.9 Å². The lowest BCUT2D eigenvalue weighted by Gasteiger charge is -2.12. The van der Waals surface area contributed by atoms with Crippen LogP contribution in [0, 0.1) is 9.39 Å². The topological polar surface area (TPSA) is 49.4 Å². The summed E-state index contributed by atoms with van der Waals surface area (Å²) in [6.45, 7) is -0.0959. The van der Waals surface area contributed by atoms with Crippen LogP contribution in [0.2, 0.25) is 0 Å². The average molecular weight is 422 g/mol. The molecule has 0 radical (unpaired) electrons. The van der Waals surface area contributed by atoms with Crippen molar-refractivity contribution < 1.29 is 14.0 Å². The lowest BCUT2D eigenvalue weighted by atomic mass is 10.2. The summed E-state index contributed by atoms with van der Waals surface area (Å²) in [4.78, 5) is 25.3. The Hall–Kier alpha value is -2.22. The van der Waals surface area contributed by atoms with Crippen LogP contribution in [0.3, 0.4) is 0 Å². The number of nitrogens with one attached hydrogen (secondary N) is 1. The molecule has 2 aromatic carbocycles. The number of hydrogen-bond donors (Lipinski definition) is 1. The van der Waals surface area contributed by atoms with Crippen LogP contribution in [-0.4, -0.2) is 16.8 Å². The van der Waals surface area contributed by atoms with Gasteiger partial charge in [0, 0.05) is 9.13 Å². The third-order valence-electron chi connectivity index (χ3n) is 3.43. The molecule has 6 heteroatoms. The minimum Gasteiger partial charge on any atom is -0.303 e. The van der Waals surface area contributed by atoms with Crippen molar-refractivity contribution in [2.24, 2.45) is 0 Å². The Morgan fingerprint density at radius 2 is 1.78 bits per heavy atom. The molecule has 0 aliphatic carbocycles. The quantitative estimate of drug-likeness (QED) is 0.468. The molecule has 3 amide bonds. The zero-order valence-corrected chi connectivity index (χ0v) is 14.1. The number of urea groups is 1. The van der Waals surface area contributed by atoms with Gasteiger partial charge in [0.1, 0.15) is 11.5 Å². The van der Waals surface area contributed by atoms with E-state index in [0.29, 0.717) is 5.56 Å². The fourth-order valence-electron chi connectivity index (χ4n) is 2.24. The third kappa shape index (κ3) is 3.42. The van der Waals surface area contributed by atoms with E-state index in [1.54, 1.807) is 24.3 Å². The van der Waals surface area contributed by atoms with Crippen molar-refractivity contribution in [2.75, 3.05) is 0 Å². The molecule has 3 rings (SSSR count). The number of hydrogen-bond acceptors (Lipinski definition) is 2. The monoisotopic (exact) mass is 422 g/mol. The van der Waals surface area contributed by atoms with Crippen LogP contribution in [0.5, 0.6) is 0 Å². The Morgan fingerprint density at radius 3 is 2.48 bits per heavy atom. The van der Waals surface area contributed by atoms with Crippen molar-refractivity contribution in [2.45, 2.75) is 6.54 Å². The Balaban J connectivity index is 1.82. The predicted octanol–water partition coefficient (Wildman–Crippen LogP) is 3.52. The van der Waals surface area contributed by atoms with Gasteiger partial charge in [0.25, 0.3) is 5.91 Å². The Kier molecular flexibility index (Phi) is 4.42. The van der Waals surface area contributed by atoms with E-state index >= 15 is 0 Å². The fourth-order valence-corrected chi connectivity index (χ4v) is 2.60. The van der Waals surface area contributed by atoms with E-state index in [1.165, 1.54) is 6.07 Å². The molecule has 1 heterocycles. The van der Waals surface area contributed by atoms with E-state index in [9.17, 15) is 14.0 Å². The largest absolute Gasteiger partial charge is 0.329 e. The predicted molar refractivity (Wildman–Crippen MR) is 92.6 cm³/mol. The van der Waals surface area contributed by atoms with Crippen molar-refractivity contribution in [3.63, 3.8) is 0 Å². The first-order valence-corrected chi connectivity index (χ1v) is 7.96. The average Bonchev–Trinajstić information content (AvgIpc) is 2.79. The minimum absolute atomic E-state index is 0.0959. The van der Waals surface area contributed by atoms with Crippen molar-refractivity contribution in [3.05, 3.63) is 74.7 Å². The van der Waals surface area contributed by atoms with Crippen LogP contribution in [-0.2, 0) is 11.3 Å². The molecule has 0 bridgehead atoms. The van der Waals surface area contributed by atoms with Crippen LogP contribution in [0.15, 0.2) is 54.2 Å². The number of carbonyl (C=O) groups is 2. The molecule has 1 fully saturated rings. The first-order chi connectivity index (χ1) is 11.0. The van der Waals surface area contributed by atoms with Crippen molar-refractivity contribution in [1.82, 2.24) is 10.2 Å². The van der Waals surface area contributed by atoms with Gasteiger partial charge in [-0.1, -0.05) is 30.3 Å². The van der Waals surface area contributed by atoms with E-state index in [4.69, 9.17) is 0 Å². The molecule has 1 N–H and O–H groups in total. The van der Waals surface area contributed by atoms with Gasteiger partial charge >= 0.3 is 6.03 Å². The second kappa shape index (κ2) is 6.49. The summed E-state index contributed by atoms with van der Waals surface area (Å²) in [5.41, 5.74) is 1.29. The molecule has 116 valence electrons. The summed E-state index contributed by atoms with van der Waals surface area (Å²) >= 11 is 2.19. The zero-order chi connectivity index (χ0) is 16.4. The molecule has 0 spiro atoms. The minimum atomic E-state index is -0.546. The molecular formula is C17H12FIN2O2. The summed E-state index contributed by atoms with van der Waals surface area (Å²) in [5, 5.41) is 2.53. The van der Waals surface area contributed by atoms with Gasteiger partial charge < -0.3 is 5.32 Å². The van der Waals surface area contributed by atoms with E-state index in [0.717, 1.165) is 14.0 Å². The van der Waals surface area contributed by atoms with E-state index in [1.807, 2.05) is 24.3 Å². The number of benzene rings is 2. The van der Waals surface area contributed by atoms with Gasteiger partial charge in [-0.15, -0.1) is 0 Å². The fraction of sp³-hybridized carbons (Fsp3) is 0.0588. The van der Waals surface area contributed by atoms with Crippen LogP contribution in [0.4, 0.5) is 9.18 Å². The van der Waals surface area contributed by atoms with Crippen LogP contribution in [0.25, 0.3) is 6.08 Å². The molecule has 1 aliphatic heterocycles.